The monoisotopic (exact) mass is 309 g/mol. The van der Waals surface area contributed by atoms with Gasteiger partial charge in [-0.1, -0.05) is 23.2 Å². The number of rotatable bonds is 3. The SMILES string of the molecule is Cc1nn2c(c1C=O)N(Cc1cc(Cl)cc(Cl)c1)CC2. The summed E-state index contributed by atoms with van der Waals surface area (Å²) in [5.74, 6) is 0.883. The number of aromatic nitrogens is 2. The highest BCUT2D eigenvalue weighted by atomic mass is 35.5. The standard InChI is InChI=1S/C14H13Cl2N3O/c1-9-13(8-20)14-18(2-3-19(14)17-9)7-10-4-11(15)6-12(16)5-10/h4-6,8H,2-3,7H2,1H3. The highest BCUT2D eigenvalue weighted by Crippen LogP contribution is 2.29. The number of nitrogens with zero attached hydrogens (tertiary/aromatic N) is 3. The Morgan fingerprint density at radius 2 is 1.95 bits per heavy atom. The van der Waals surface area contributed by atoms with Crippen molar-refractivity contribution in [2.75, 3.05) is 11.4 Å². The largest absolute Gasteiger partial charge is 0.350 e. The van der Waals surface area contributed by atoms with Crippen LogP contribution in [0, 0.1) is 6.92 Å². The normalized spacial score (nSPS) is 13.7. The van der Waals surface area contributed by atoms with Gasteiger partial charge in [0.25, 0.3) is 0 Å². The molecule has 0 fully saturated rings. The van der Waals surface area contributed by atoms with Crippen LogP contribution < -0.4 is 4.90 Å². The van der Waals surface area contributed by atoms with Gasteiger partial charge in [0.2, 0.25) is 0 Å². The number of hydrogen-bond acceptors (Lipinski definition) is 3. The van der Waals surface area contributed by atoms with Crippen molar-refractivity contribution in [2.45, 2.75) is 20.0 Å². The predicted molar refractivity (Wildman–Crippen MR) is 79.9 cm³/mol. The molecule has 0 bridgehead atoms. The fraction of sp³-hybridized carbons (Fsp3) is 0.286. The van der Waals surface area contributed by atoms with E-state index in [9.17, 15) is 4.79 Å². The van der Waals surface area contributed by atoms with Gasteiger partial charge in [-0.15, -0.1) is 0 Å². The van der Waals surface area contributed by atoms with Crippen molar-refractivity contribution in [3.8, 4) is 0 Å². The maximum atomic E-state index is 11.2. The number of anilines is 1. The number of hydrogen-bond donors (Lipinski definition) is 0. The van der Waals surface area contributed by atoms with Crippen molar-refractivity contribution in [1.29, 1.82) is 0 Å². The highest BCUT2D eigenvalue weighted by Gasteiger charge is 2.26. The molecule has 0 radical (unpaired) electrons. The second-order valence-corrected chi connectivity index (χ2v) is 5.74. The van der Waals surface area contributed by atoms with Crippen molar-refractivity contribution in [3.63, 3.8) is 0 Å². The van der Waals surface area contributed by atoms with Crippen LogP contribution in [0.1, 0.15) is 21.6 Å². The summed E-state index contributed by atoms with van der Waals surface area (Å²) in [7, 11) is 0. The van der Waals surface area contributed by atoms with Gasteiger partial charge < -0.3 is 4.90 Å². The van der Waals surface area contributed by atoms with Crippen LogP contribution in [0.2, 0.25) is 10.0 Å². The molecule has 104 valence electrons. The number of carbonyl (C=O) groups is 1. The first-order valence-electron chi connectivity index (χ1n) is 6.31. The molecule has 3 rings (SSSR count). The molecule has 6 heteroatoms. The van der Waals surface area contributed by atoms with Gasteiger partial charge >= 0.3 is 0 Å². The van der Waals surface area contributed by atoms with Crippen molar-refractivity contribution in [1.82, 2.24) is 9.78 Å². The van der Waals surface area contributed by atoms with E-state index in [0.29, 0.717) is 22.2 Å². The van der Waals surface area contributed by atoms with Crippen LogP contribution in [0.15, 0.2) is 18.2 Å². The first-order valence-corrected chi connectivity index (χ1v) is 7.06. The highest BCUT2D eigenvalue weighted by molar-refractivity contribution is 6.34. The summed E-state index contributed by atoms with van der Waals surface area (Å²) in [6, 6.07) is 5.49. The summed E-state index contributed by atoms with van der Waals surface area (Å²) in [4.78, 5) is 13.4. The maximum Gasteiger partial charge on any atom is 0.155 e. The molecule has 1 aliphatic rings. The lowest BCUT2D eigenvalue weighted by molar-refractivity contribution is 0.112. The minimum atomic E-state index is 0.618. The molecular weight excluding hydrogens is 297 g/mol. The molecule has 2 heterocycles. The average Bonchev–Trinajstić information content (AvgIpc) is 2.87. The zero-order chi connectivity index (χ0) is 14.3. The van der Waals surface area contributed by atoms with Gasteiger partial charge in [0.05, 0.1) is 17.8 Å². The van der Waals surface area contributed by atoms with Crippen LogP contribution in [-0.2, 0) is 13.1 Å². The van der Waals surface area contributed by atoms with Crippen LogP contribution in [0.3, 0.4) is 0 Å². The van der Waals surface area contributed by atoms with Gasteiger partial charge in [0, 0.05) is 23.1 Å². The third-order valence-corrected chi connectivity index (χ3v) is 3.88. The first kappa shape index (κ1) is 13.5. The van der Waals surface area contributed by atoms with E-state index in [0.717, 1.165) is 36.5 Å². The number of aryl methyl sites for hydroxylation is 1. The molecule has 0 unspecified atom stereocenters. The smallest absolute Gasteiger partial charge is 0.155 e. The van der Waals surface area contributed by atoms with E-state index in [1.807, 2.05) is 23.7 Å². The zero-order valence-corrected chi connectivity index (χ0v) is 12.4. The van der Waals surface area contributed by atoms with Crippen molar-refractivity contribution in [3.05, 3.63) is 45.1 Å². The van der Waals surface area contributed by atoms with Gasteiger partial charge in [0.15, 0.2) is 6.29 Å². The summed E-state index contributed by atoms with van der Waals surface area (Å²) in [5, 5.41) is 5.62. The summed E-state index contributed by atoms with van der Waals surface area (Å²) >= 11 is 12.0. The number of carbonyl (C=O) groups excluding carboxylic acids is 1. The minimum Gasteiger partial charge on any atom is -0.350 e. The molecule has 0 saturated carbocycles. The minimum absolute atomic E-state index is 0.618. The molecule has 1 aliphatic heterocycles. The van der Waals surface area contributed by atoms with Gasteiger partial charge in [0.1, 0.15) is 5.82 Å². The Bertz CT molecular complexity index is 661. The molecule has 0 spiro atoms. The third-order valence-electron chi connectivity index (χ3n) is 3.44. The number of benzene rings is 1. The van der Waals surface area contributed by atoms with Crippen LogP contribution in [0.25, 0.3) is 0 Å². The molecular formula is C14H13Cl2N3O. The van der Waals surface area contributed by atoms with Crippen molar-refractivity contribution < 1.29 is 4.79 Å². The summed E-state index contributed by atoms with van der Waals surface area (Å²) in [6.45, 7) is 4.13. The quantitative estimate of drug-likeness (QED) is 0.816. The number of halogens is 2. The van der Waals surface area contributed by atoms with Crippen LogP contribution in [0.4, 0.5) is 5.82 Å². The first-order chi connectivity index (χ1) is 9.58. The van der Waals surface area contributed by atoms with E-state index in [4.69, 9.17) is 23.2 Å². The maximum absolute atomic E-state index is 11.2. The van der Waals surface area contributed by atoms with E-state index < -0.39 is 0 Å². The Morgan fingerprint density at radius 3 is 2.60 bits per heavy atom. The molecule has 20 heavy (non-hydrogen) atoms. The fourth-order valence-electron chi connectivity index (χ4n) is 2.61. The second-order valence-electron chi connectivity index (χ2n) is 4.86. The molecule has 2 aromatic rings. The topological polar surface area (TPSA) is 38.1 Å². The fourth-order valence-corrected chi connectivity index (χ4v) is 3.18. The van der Waals surface area contributed by atoms with E-state index in [1.54, 1.807) is 6.07 Å². The Kier molecular flexibility index (Phi) is 3.44. The number of aldehydes is 1. The lowest BCUT2D eigenvalue weighted by atomic mass is 10.2. The Morgan fingerprint density at radius 1 is 1.25 bits per heavy atom. The van der Waals surface area contributed by atoms with Crippen LogP contribution in [0.5, 0.6) is 0 Å². The third kappa shape index (κ3) is 2.30. The summed E-state index contributed by atoms with van der Waals surface area (Å²) < 4.78 is 1.88. The summed E-state index contributed by atoms with van der Waals surface area (Å²) in [5.41, 5.74) is 2.45. The molecule has 1 aromatic heterocycles. The van der Waals surface area contributed by atoms with Gasteiger partial charge in [-0.25, -0.2) is 4.68 Å². The number of fused-ring (bicyclic) bond motifs is 1. The Hall–Kier alpha value is -1.52. The van der Waals surface area contributed by atoms with Crippen molar-refractivity contribution in [2.24, 2.45) is 0 Å². The molecule has 0 atom stereocenters. The van der Waals surface area contributed by atoms with E-state index >= 15 is 0 Å². The molecule has 0 aliphatic carbocycles. The van der Waals surface area contributed by atoms with E-state index in [2.05, 4.69) is 10.00 Å². The van der Waals surface area contributed by atoms with Gasteiger partial charge in [-0.05, 0) is 30.7 Å². The van der Waals surface area contributed by atoms with E-state index in [-0.39, 0.29) is 0 Å². The molecule has 1 aromatic carbocycles. The van der Waals surface area contributed by atoms with E-state index in [1.165, 1.54) is 0 Å². The second kappa shape index (κ2) is 5.11. The molecule has 4 nitrogen and oxygen atoms in total. The van der Waals surface area contributed by atoms with Crippen LogP contribution >= 0.6 is 23.2 Å². The molecule has 0 N–H and O–H groups in total. The van der Waals surface area contributed by atoms with Crippen LogP contribution in [-0.4, -0.2) is 22.6 Å². The van der Waals surface area contributed by atoms with Gasteiger partial charge in [-0.2, -0.15) is 5.10 Å². The predicted octanol–water partition coefficient (Wildman–Crippen LogP) is 3.33. The zero-order valence-electron chi connectivity index (χ0n) is 10.9. The molecule has 0 saturated heterocycles. The average molecular weight is 310 g/mol. The van der Waals surface area contributed by atoms with Gasteiger partial charge in [-0.3, -0.25) is 4.79 Å². The lowest BCUT2D eigenvalue weighted by Gasteiger charge is -2.18. The Labute approximate surface area is 126 Å². The Balaban J connectivity index is 1.93. The summed E-state index contributed by atoms with van der Waals surface area (Å²) in [6.07, 6.45) is 0.872. The van der Waals surface area contributed by atoms with Crippen molar-refractivity contribution >= 4 is 35.3 Å². The lowest BCUT2D eigenvalue weighted by Crippen LogP contribution is -2.20. The molecule has 0 amide bonds.